The smallest absolute Gasteiger partial charge is 0.309 e. The average molecular weight is 232 g/mol. The molecular weight excluding hydrogens is 216 g/mol. The van der Waals surface area contributed by atoms with Gasteiger partial charge in [-0.25, -0.2) is 0 Å². The maximum atomic E-state index is 11.4. The fourth-order valence-electron chi connectivity index (χ4n) is 2.20. The van der Waals surface area contributed by atoms with Crippen LogP contribution in [0.15, 0.2) is 23.8 Å². The van der Waals surface area contributed by atoms with Gasteiger partial charge < -0.3 is 9.47 Å². The first-order chi connectivity index (χ1) is 8.15. The van der Waals surface area contributed by atoms with Crippen molar-refractivity contribution in [2.75, 3.05) is 14.2 Å². The molecule has 0 fully saturated rings. The van der Waals surface area contributed by atoms with Crippen molar-refractivity contribution in [3.63, 3.8) is 0 Å². The van der Waals surface area contributed by atoms with Crippen LogP contribution in [0.5, 0.6) is 5.75 Å². The summed E-state index contributed by atoms with van der Waals surface area (Å²) >= 11 is 0. The Hall–Kier alpha value is -1.77. The minimum absolute atomic E-state index is 0.199. The molecule has 0 bridgehead atoms. The molecule has 0 saturated carbocycles. The molecule has 0 aromatic heterocycles. The number of carbonyl (C=O) groups is 1. The second-order valence-corrected chi connectivity index (χ2v) is 4.21. The molecule has 0 saturated heterocycles. The third kappa shape index (κ3) is 2.18. The predicted molar refractivity (Wildman–Crippen MR) is 65.9 cm³/mol. The molecule has 0 aliphatic heterocycles. The molecule has 0 atom stereocenters. The first-order valence-corrected chi connectivity index (χ1v) is 5.58. The van der Waals surface area contributed by atoms with Gasteiger partial charge in [-0.05, 0) is 42.2 Å². The van der Waals surface area contributed by atoms with Crippen LogP contribution in [0, 0.1) is 0 Å². The number of allylic oxidation sites excluding steroid dienone is 1. The van der Waals surface area contributed by atoms with Gasteiger partial charge in [0.05, 0.1) is 20.6 Å². The second-order valence-electron chi connectivity index (χ2n) is 4.21. The highest BCUT2D eigenvalue weighted by molar-refractivity contribution is 5.89. The topological polar surface area (TPSA) is 35.5 Å². The Kier molecular flexibility index (Phi) is 3.18. The summed E-state index contributed by atoms with van der Waals surface area (Å²) < 4.78 is 9.94. The van der Waals surface area contributed by atoms with E-state index < -0.39 is 0 Å². The highest BCUT2D eigenvalue weighted by Gasteiger charge is 2.21. The number of benzene rings is 1. The Morgan fingerprint density at radius 1 is 1.35 bits per heavy atom. The fourth-order valence-corrected chi connectivity index (χ4v) is 2.20. The van der Waals surface area contributed by atoms with Crippen LogP contribution < -0.4 is 4.74 Å². The standard InChI is InChI=1S/C14H16O3/c1-9-6-10-4-5-11(16-2)7-13(10)12(9)8-14(15)17-3/h4-5,7H,6,8H2,1-3H3. The van der Waals surface area contributed by atoms with Crippen LogP contribution >= 0.6 is 0 Å². The lowest BCUT2D eigenvalue weighted by atomic mass is 10.0. The van der Waals surface area contributed by atoms with Crippen molar-refractivity contribution >= 4 is 11.5 Å². The van der Waals surface area contributed by atoms with E-state index in [9.17, 15) is 4.79 Å². The van der Waals surface area contributed by atoms with E-state index in [2.05, 4.69) is 13.0 Å². The Labute approximate surface area is 101 Å². The van der Waals surface area contributed by atoms with Gasteiger partial charge in [0.15, 0.2) is 0 Å². The highest BCUT2D eigenvalue weighted by atomic mass is 16.5. The molecule has 1 aromatic carbocycles. The van der Waals surface area contributed by atoms with Crippen molar-refractivity contribution in [3.05, 3.63) is 34.9 Å². The number of rotatable bonds is 3. The lowest BCUT2D eigenvalue weighted by Gasteiger charge is -2.07. The number of carbonyl (C=O) groups excluding carboxylic acids is 1. The third-order valence-corrected chi connectivity index (χ3v) is 3.16. The molecule has 0 radical (unpaired) electrons. The van der Waals surface area contributed by atoms with Gasteiger partial charge in [0, 0.05) is 0 Å². The summed E-state index contributed by atoms with van der Waals surface area (Å²) in [5.41, 5.74) is 4.68. The Balaban J connectivity index is 2.36. The normalized spacial score (nSPS) is 13.6. The fraction of sp³-hybridized carbons (Fsp3) is 0.357. The van der Waals surface area contributed by atoms with Crippen LogP contribution in [0.2, 0.25) is 0 Å². The van der Waals surface area contributed by atoms with Crippen LogP contribution in [-0.4, -0.2) is 20.2 Å². The summed E-state index contributed by atoms with van der Waals surface area (Å²) in [6.45, 7) is 2.06. The van der Waals surface area contributed by atoms with E-state index in [1.165, 1.54) is 18.2 Å². The SMILES string of the molecule is COC(=O)CC1=C(C)Cc2ccc(OC)cc21. The molecule has 17 heavy (non-hydrogen) atoms. The number of esters is 1. The van der Waals surface area contributed by atoms with E-state index in [4.69, 9.17) is 9.47 Å². The zero-order chi connectivity index (χ0) is 12.4. The van der Waals surface area contributed by atoms with Crippen LogP contribution in [-0.2, 0) is 16.0 Å². The highest BCUT2D eigenvalue weighted by Crippen LogP contribution is 2.36. The molecular formula is C14H16O3. The molecule has 1 aliphatic carbocycles. The van der Waals surface area contributed by atoms with Crippen LogP contribution in [0.25, 0.3) is 5.57 Å². The molecule has 0 N–H and O–H groups in total. The molecule has 90 valence electrons. The first kappa shape index (κ1) is 11.7. The number of ether oxygens (including phenoxy) is 2. The predicted octanol–water partition coefficient (Wildman–Crippen LogP) is 2.59. The summed E-state index contributed by atoms with van der Waals surface area (Å²) in [5.74, 6) is 0.621. The van der Waals surface area contributed by atoms with Crippen molar-refractivity contribution in [2.24, 2.45) is 0 Å². The number of hydrogen-bond acceptors (Lipinski definition) is 3. The van der Waals surface area contributed by atoms with Gasteiger partial charge >= 0.3 is 5.97 Å². The van der Waals surface area contributed by atoms with Crippen molar-refractivity contribution < 1.29 is 14.3 Å². The number of fused-ring (bicyclic) bond motifs is 1. The van der Waals surface area contributed by atoms with Gasteiger partial charge in [0.25, 0.3) is 0 Å². The van der Waals surface area contributed by atoms with Crippen LogP contribution in [0.1, 0.15) is 24.5 Å². The lowest BCUT2D eigenvalue weighted by molar-refractivity contribution is -0.139. The van der Waals surface area contributed by atoms with Gasteiger partial charge in [-0.3, -0.25) is 4.79 Å². The van der Waals surface area contributed by atoms with Gasteiger partial charge in [-0.2, -0.15) is 0 Å². The molecule has 0 amide bonds. The van der Waals surface area contributed by atoms with Crippen molar-refractivity contribution in [3.8, 4) is 5.75 Å². The van der Waals surface area contributed by atoms with Crippen molar-refractivity contribution in [2.45, 2.75) is 19.8 Å². The Morgan fingerprint density at radius 2 is 2.12 bits per heavy atom. The van der Waals surface area contributed by atoms with Gasteiger partial charge in [-0.1, -0.05) is 11.6 Å². The van der Waals surface area contributed by atoms with Crippen LogP contribution in [0.4, 0.5) is 0 Å². The van der Waals surface area contributed by atoms with Crippen molar-refractivity contribution in [1.29, 1.82) is 0 Å². The van der Waals surface area contributed by atoms with E-state index in [-0.39, 0.29) is 5.97 Å². The molecule has 2 rings (SSSR count). The third-order valence-electron chi connectivity index (χ3n) is 3.16. The average Bonchev–Trinajstić information content (AvgIpc) is 2.65. The molecule has 3 heteroatoms. The van der Waals surface area contributed by atoms with Crippen LogP contribution in [0.3, 0.4) is 0 Å². The van der Waals surface area contributed by atoms with Crippen molar-refractivity contribution in [1.82, 2.24) is 0 Å². The van der Waals surface area contributed by atoms with E-state index in [1.807, 2.05) is 12.1 Å². The molecule has 0 heterocycles. The monoisotopic (exact) mass is 232 g/mol. The largest absolute Gasteiger partial charge is 0.497 e. The number of methoxy groups -OCH3 is 2. The summed E-state index contributed by atoms with van der Waals surface area (Å²) in [6, 6.07) is 6.00. The summed E-state index contributed by atoms with van der Waals surface area (Å²) in [4.78, 5) is 11.4. The van der Waals surface area contributed by atoms with E-state index in [0.29, 0.717) is 6.42 Å². The first-order valence-electron chi connectivity index (χ1n) is 5.58. The van der Waals surface area contributed by atoms with E-state index >= 15 is 0 Å². The molecule has 1 aromatic rings. The minimum Gasteiger partial charge on any atom is -0.497 e. The maximum Gasteiger partial charge on any atom is 0.309 e. The summed E-state index contributed by atoms with van der Waals surface area (Å²) in [7, 11) is 3.06. The van der Waals surface area contributed by atoms with Gasteiger partial charge in [0.2, 0.25) is 0 Å². The summed E-state index contributed by atoms with van der Waals surface area (Å²) in [6.07, 6.45) is 1.24. The molecule has 1 aliphatic rings. The molecule has 0 unspecified atom stereocenters. The second kappa shape index (κ2) is 4.62. The van der Waals surface area contributed by atoms with E-state index in [1.54, 1.807) is 7.11 Å². The van der Waals surface area contributed by atoms with E-state index in [0.717, 1.165) is 23.3 Å². The maximum absolute atomic E-state index is 11.4. The van der Waals surface area contributed by atoms with Gasteiger partial charge in [-0.15, -0.1) is 0 Å². The quantitative estimate of drug-likeness (QED) is 0.751. The molecule has 3 nitrogen and oxygen atoms in total. The zero-order valence-electron chi connectivity index (χ0n) is 10.4. The van der Waals surface area contributed by atoms with Gasteiger partial charge in [0.1, 0.15) is 5.75 Å². The number of hydrogen-bond donors (Lipinski definition) is 0. The zero-order valence-corrected chi connectivity index (χ0v) is 10.4. The Morgan fingerprint density at radius 3 is 2.76 bits per heavy atom. The Bertz CT molecular complexity index is 486. The lowest BCUT2D eigenvalue weighted by Crippen LogP contribution is -2.01. The molecule has 0 spiro atoms. The summed E-state index contributed by atoms with van der Waals surface area (Å²) in [5, 5.41) is 0. The minimum atomic E-state index is -0.199.